The van der Waals surface area contributed by atoms with Gasteiger partial charge in [-0.05, 0) is 73.2 Å². The van der Waals surface area contributed by atoms with Gasteiger partial charge in [-0.1, -0.05) is 90.4 Å². The molecule has 0 aliphatic rings. The van der Waals surface area contributed by atoms with Gasteiger partial charge in [0, 0.05) is 19.3 Å². The normalized spacial score (nSPS) is 14.8. The summed E-state index contributed by atoms with van der Waals surface area (Å²) in [5.74, 6) is -14.6. The smallest absolute Gasteiger partial charge is 0.326 e. The molecule has 0 bridgehead atoms. The van der Waals surface area contributed by atoms with Crippen LogP contribution in [0, 0.1) is 17.8 Å². The third kappa shape index (κ3) is 25.5. The van der Waals surface area contributed by atoms with Crippen molar-refractivity contribution in [3.8, 4) is 5.75 Å². The Labute approximate surface area is 486 Å². The Morgan fingerprint density at radius 2 is 0.893 bits per heavy atom. The van der Waals surface area contributed by atoms with Crippen molar-refractivity contribution in [1.29, 1.82) is 0 Å². The van der Waals surface area contributed by atoms with Gasteiger partial charge in [0.25, 0.3) is 0 Å². The van der Waals surface area contributed by atoms with Gasteiger partial charge in [0.15, 0.2) is 0 Å². The summed E-state index contributed by atoms with van der Waals surface area (Å²) >= 11 is 0. The monoisotopic (exact) mass is 1180 g/mol. The summed E-state index contributed by atoms with van der Waals surface area (Å²) < 4.78 is 0. The highest BCUT2D eigenvalue weighted by Crippen LogP contribution is 2.14. The Balaban J connectivity index is 2.34. The number of hydrogen-bond acceptors (Lipinski definition) is 17. The lowest BCUT2D eigenvalue weighted by atomic mass is 9.98. The van der Waals surface area contributed by atoms with E-state index in [4.69, 9.17) is 17.2 Å². The lowest BCUT2D eigenvalue weighted by molar-refractivity contribution is -0.143. The van der Waals surface area contributed by atoms with Crippen LogP contribution in [0.4, 0.5) is 0 Å². The Kier molecular flexibility index (Phi) is 31.1. The zero-order chi connectivity index (χ0) is 63.4. The van der Waals surface area contributed by atoms with Crippen LogP contribution in [0.3, 0.4) is 0 Å². The topological polar surface area (TPSA) is 492 Å². The third-order valence-corrected chi connectivity index (χ3v) is 13.0. The molecule has 0 saturated carbocycles. The number of aliphatic hydroxyl groups is 2. The molecule has 0 aliphatic carbocycles. The number of carboxylic acid groups (broad SMARTS) is 2. The number of rotatable bonds is 38. The molecule has 20 N–H and O–H groups in total. The van der Waals surface area contributed by atoms with Crippen LogP contribution < -0.4 is 65.1 Å². The van der Waals surface area contributed by atoms with Gasteiger partial charge in [-0.2, -0.15) is 0 Å². The Hall–Kier alpha value is -8.28. The number of carboxylic acids is 2. The summed E-state index contributed by atoms with van der Waals surface area (Å²) in [4.78, 5) is 159. The predicted molar refractivity (Wildman–Crippen MR) is 302 cm³/mol. The number of phenols is 1. The molecule has 2 rings (SSSR count). The minimum atomic E-state index is -1.95. The van der Waals surface area contributed by atoms with E-state index >= 15 is 0 Å². The molecular formula is C55H84N12O17. The van der Waals surface area contributed by atoms with E-state index in [2.05, 4.69) is 47.9 Å². The van der Waals surface area contributed by atoms with E-state index in [1.807, 2.05) is 0 Å². The lowest BCUT2D eigenvalue weighted by Crippen LogP contribution is -2.62. The molecule has 0 fully saturated rings. The second kappa shape index (κ2) is 36.3. The van der Waals surface area contributed by atoms with Crippen molar-refractivity contribution in [3.63, 3.8) is 0 Å². The maximum Gasteiger partial charge on any atom is 0.326 e. The van der Waals surface area contributed by atoms with E-state index in [0.29, 0.717) is 36.9 Å². The SMILES string of the molecule is CC(C)C[C@H](NC(=O)[C@H](CCC(N)=O)NC(=O)[C@@H](NC(=O)[C@@H](N)CCCCN)C(C)C)C(=O)N[C@H](C(=O)N[C@@H](CO)C(=O)N[C@@H](Cc1ccccc1)C(=O)N[C@@H](CO)C(=O)N[C@@H](CC(=O)O)C(=O)N[C@@H](Cc1ccc(O)cc1)C(=O)O)C(C)C. The Morgan fingerprint density at radius 3 is 1.38 bits per heavy atom. The first-order valence-electron chi connectivity index (χ1n) is 27.5. The van der Waals surface area contributed by atoms with Crippen molar-refractivity contribution in [3.05, 3.63) is 65.7 Å². The molecule has 0 heterocycles. The molecule has 0 aliphatic heterocycles. The van der Waals surface area contributed by atoms with E-state index in [1.54, 1.807) is 58.0 Å². The van der Waals surface area contributed by atoms with Gasteiger partial charge in [0.1, 0.15) is 60.1 Å². The van der Waals surface area contributed by atoms with E-state index in [0.717, 1.165) is 0 Å². The molecule has 29 nitrogen and oxygen atoms in total. The highest BCUT2D eigenvalue weighted by atomic mass is 16.4. The molecule has 0 saturated heterocycles. The van der Waals surface area contributed by atoms with Crippen LogP contribution in [0.2, 0.25) is 0 Å². The number of aliphatic carboxylic acids is 2. The number of nitrogens with one attached hydrogen (secondary N) is 9. The fourth-order valence-corrected chi connectivity index (χ4v) is 8.27. The number of hydrogen-bond donors (Lipinski definition) is 17. The van der Waals surface area contributed by atoms with Crippen molar-refractivity contribution in [2.45, 2.75) is 160 Å². The Morgan fingerprint density at radius 1 is 0.476 bits per heavy atom. The largest absolute Gasteiger partial charge is 0.508 e. The first-order chi connectivity index (χ1) is 39.5. The molecule has 466 valence electrons. The predicted octanol–water partition coefficient (Wildman–Crippen LogP) is -3.84. The molecule has 0 radical (unpaired) electrons. The summed E-state index contributed by atoms with van der Waals surface area (Å²) in [6.45, 7) is 8.02. The number of carbonyl (C=O) groups is 12. The van der Waals surface area contributed by atoms with Gasteiger partial charge >= 0.3 is 11.9 Å². The molecule has 10 amide bonds. The number of aromatic hydroxyl groups is 1. The molecule has 0 unspecified atom stereocenters. The van der Waals surface area contributed by atoms with Crippen LogP contribution in [0.15, 0.2) is 54.6 Å². The Bertz CT molecular complexity index is 2550. The van der Waals surface area contributed by atoms with Gasteiger partial charge in [-0.25, -0.2) is 4.79 Å². The molecule has 10 atom stereocenters. The van der Waals surface area contributed by atoms with Crippen LogP contribution in [-0.4, -0.2) is 177 Å². The van der Waals surface area contributed by atoms with Crippen molar-refractivity contribution in [2.24, 2.45) is 35.0 Å². The number of primary amides is 1. The summed E-state index contributed by atoms with van der Waals surface area (Å²) in [5, 5.41) is 71.3. The number of carbonyl (C=O) groups excluding carboxylic acids is 10. The van der Waals surface area contributed by atoms with Crippen LogP contribution in [0.5, 0.6) is 5.75 Å². The van der Waals surface area contributed by atoms with Crippen LogP contribution in [-0.2, 0) is 70.4 Å². The first kappa shape index (κ1) is 71.8. The highest BCUT2D eigenvalue weighted by molar-refractivity contribution is 5.99. The van der Waals surface area contributed by atoms with Gasteiger partial charge in [0.2, 0.25) is 59.1 Å². The lowest BCUT2D eigenvalue weighted by Gasteiger charge is -2.29. The summed E-state index contributed by atoms with van der Waals surface area (Å²) in [6.07, 6.45) is -0.916. The van der Waals surface area contributed by atoms with Crippen molar-refractivity contribution in [2.75, 3.05) is 19.8 Å². The van der Waals surface area contributed by atoms with Gasteiger partial charge in [-0.15, -0.1) is 0 Å². The van der Waals surface area contributed by atoms with E-state index in [9.17, 15) is 83.1 Å². The average molecular weight is 1190 g/mol. The van der Waals surface area contributed by atoms with E-state index < -0.39 is 163 Å². The third-order valence-electron chi connectivity index (χ3n) is 13.0. The average Bonchev–Trinajstić information content (AvgIpc) is 3.65. The highest BCUT2D eigenvalue weighted by Gasteiger charge is 2.37. The minimum absolute atomic E-state index is 0.0208. The summed E-state index contributed by atoms with van der Waals surface area (Å²) in [6, 6.07) is -2.06. The van der Waals surface area contributed by atoms with Crippen molar-refractivity contribution < 1.29 is 83.1 Å². The molecule has 84 heavy (non-hydrogen) atoms. The van der Waals surface area contributed by atoms with Gasteiger partial charge in [-0.3, -0.25) is 52.7 Å². The number of phenolic OH excluding ortho intramolecular Hbond substituents is 1. The van der Waals surface area contributed by atoms with Crippen molar-refractivity contribution >= 4 is 71.0 Å². The molecule has 2 aromatic carbocycles. The number of aliphatic hydroxyl groups excluding tert-OH is 2. The maximum atomic E-state index is 14.1. The fraction of sp³-hybridized carbons (Fsp3) is 0.564. The quantitative estimate of drug-likeness (QED) is 0.0286. The summed E-state index contributed by atoms with van der Waals surface area (Å²) in [5.41, 5.74) is 17.8. The van der Waals surface area contributed by atoms with E-state index in [-0.39, 0.29) is 43.8 Å². The standard InChI is InChI=1S/C55H84N12O17/c1-28(2)22-36(60-47(75)35(19-20-42(58)71)59-53(81)44(29(3)4)66-46(74)34(57)14-10-11-21-56)50(78)67-45(30(5)6)54(82)65-41(27-69)52(80)61-37(23-31-12-8-7-9-13-31)48(76)64-40(26-68)51(79)62-38(25-43(72)73)49(77)63-39(55(83)84)24-32-15-17-33(70)18-16-32/h7-9,12-13,15-18,28-30,34-41,44-45,68-70H,10-11,14,19-27,56-57H2,1-6H3,(H2,58,71)(H,59,81)(H,60,75)(H,61,80)(H,62,79)(H,63,77)(H,64,76)(H,65,82)(H,66,74)(H,67,78)(H,72,73)(H,83,84)/t34-,35-,36-,37-,38-,39-,40-,41-,44-,45-/m0/s1. The van der Waals surface area contributed by atoms with Gasteiger partial charge in [0.05, 0.1) is 25.7 Å². The zero-order valence-corrected chi connectivity index (χ0v) is 48.1. The van der Waals surface area contributed by atoms with Crippen molar-refractivity contribution in [1.82, 2.24) is 47.9 Å². The second-order valence-corrected chi connectivity index (χ2v) is 21.3. The number of nitrogens with two attached hydrogens (primary N) is 3. The van der Waals surface area contributed by atoms with Crippen LogP contribution in [0.1, 0.15) is 97.6 Å². The molecule has 0 spiro atoms. The molecular weight excluding hydrogens is 1100 g/mol. The number of amides is 10. The summed E-state index contributed by atoms with van der Waals surface area (Å²) in [7, 11) is 0. The van der Waals surface area contributed by atoms with Gasteiger partial charge < -0.3 is 90.6 Å². The molecule has 29 heteroatoms. The van der Waals surface area contributed by atoms with E-state index in [1.165, 1.54) is 38.1 Å². The zero-order valence-electron chi connectivity index (χ0n) is 48.1. The second-order valence-electron chi connectivity index (χ2n) is 21.3. The fourth-order valence-electron chi connectivity index (χ4n) is 8.27. The molecule has 2 aromatic rings. The number of benzene rings is 2. The van der Waals surface area contributed by atoms with Crippen LogP contribution >= 0.6 is 0 Å². The molecule has 0 aromatic heterocycles. The maximum absolute atomic E-state index is 14.1. The van der Waals surface area contributed by atoms with Crippen LogP contribution in [0.25, 0.3) is 0 Å². The number of unbranched alkanes of at least 4 members (excludes halogenated alkanes) is 1. The first-order valence-corrected chi connectivity index (χ1v) is 27.5. The minimum Gasteiger partial charge on any atom is -0.508 e.